The summed E-state index contributed by atoms with van der Waals surface area (Å²) in [6.07, 6.45) is -3.69. The Morgan fingerprint density at radius 1 is 1.00 bits per heavy atom. The molecule has 3 aromatic heterocycles. The average Bonchev–Trinajstić information content (AvgIpc) is 3.26. The van der Waals surface area contributed by atoms with Crippen LogP contribution in [-0.2, 0) is 32.1 Å². The third kappa shape index (κ3) is 4.32. The Morgan fingerprint density at radius 3 is 2.07 bits per heavy atom. The number of aryl methyl sites for hydroxylation is 6. The average molecular weight is 403 g/mol. The maximum absolute atomic E-state index is 12.7. The molecule has 3 rings (SSSR count). The van der Waals surface area contributed by atoms with Gasteiger partial charge in [-0.15, -0.1) is 10.2 Å². The van der Waals surface area contributed by atoms with Crippen molar-refractivity contribution in [2.75, 3.05) is 0 Å². The summed E-state index contributed by atoms with van der Waals surface area (Å²) in [4.78, 5) is 0. The van der Waals surface area contributed by atoms with Crippen LogP contribution >= 0.6 is 11.6 Å². The molecule has 3 heterocycles. The summed E-state index contributed by atoms with van der Waals surface area (Å²) < 4.78 is 46.7. The number of aromatic nitrogens is 6. The monoisotopic (exact) mass is 402 g/mol. The van der Waals surface area contributed by atoms with Crippen LogP contribution in [0.1, 0.15) is 34.6 Å². The zero-order valence-electron chi connectivity index (χ0n) is 15.0. The molecular formula is C16H18ClF3N6O. The standard InChI is InChI=1S/C16H18ClF3N6O/c1-9-8-12(16(18,19)20)24-25(9)6-4-13-21-22-14(27-13)5-7-26-11(3)15(17)10(2)23-26/h8H,4-7H2,1-3H3. The van der Waals surface area contributed by atoms with Gasteiger partial charge in [0.25, 0.3) is 0 Å². The summed E-state index contributed by atoms with van der Waals surface area (Å²) in [6, 6.07) is 1.01. The summed E-state index contributed by atoms with van der Waals surface area (Å²) >= 11 is 6.11. The molecule has 0 spiro atoms. The fourth-order valence-corrected chi connectivity index (χ4v) is 2.80. The highest BCUT2D eigenvalue weighted by atomic mass is 35.5. The number of nitrogens with zero attached hydrogens (tertiary/aromatic N) is 6. The van der Waals surface area contributed by atoms with Crippen molar-refractivity contribution in [2.24, 2.45) is 0 Å². The van der Waals surface area contributed by atoms with E-state index in [1.54, 1.807) is 11.6 Å². The van der Waals surface area contributed by atoms with Gasteiger partial charge in [-0.3, -0.25) is 9.36 Å². The summed E-state index contributed by atoms with van der Waals surface area (Å²) in [5.41, 5.74) is 1.13. The van der Waals surface area contributed by atoms with Crippen molar-refractivity contribution in [1.82, 2.24) is 29.8 Å². The van der Waals surface area contributed by atoms with Gasteiger partial charge < -0.3 is 4.42 Å². The fraction of sp³-hybridized carbons (Fsp3) is 0.500. The Kier molecular flexibility index (Phi) is 5.27. The summed E-state index contributed by atoms with van der Waals surface area (Å²) in [6.45, 7) is 6.03. The molecule has 11 heteroatoms. The first-order valence-corrected chi connectivity index (χ1v) is 8.65. The van der Waals surface area contributed by atoms with E-state index in [2.05, 4.69) is 20.4 Å². The van der Waals surface area contributed by atoms with Gasteiger partial charge >= 0.3 is 6.18 Å². The first kappa shape index (κ1) is 19.4. The minimum absolute atomic E-state index is 0.219. The second kappa shape index (κ2) is 7.34. The van der Waals surface area contributed by atoms with E-state index in [0.717, 1.165) is 17.5 Å². The lowest BCUT2D eigenvalue weighted by atomic mass is 10.3. The number of rotatable bonds is 6. The highest BCUT2D eigenvalue weighted by Crippen LogP contribution is 2.28. The second-order valence-corrected chi connectivity index (χ2v) is 6.57. The fourth-order valence-electron chi connectivity index (χ4n) is 2.66. The molecule has 0 saturated heterocycles. The highest BCUT2D eigenvalue weighted by Gasteiger charge is 2.34. The van der Waals surface area contributed by atoms with E-state index in [1.807, 2.05) is 13.8 Å². The number of halogens is 4. The molecule has 0 aliphatic rings. The molecule has 7 nitrogen and oxygen atoms in total. The Hall–Kier alpha value is -2.36. The van der Waals surface area contributed by atoms with Crippen molar-refractivity contribution in [1.29, 1.82) is 0 Å². The van der Waals surface area contributed by atoms with Crippen LogP contribution in [0.4, 0.5) is 13.2 Å². The maximum atomic E-state index is 12.7. The van der Waals surface area contributed by atoms with Crippen LogP contribution in [0.15, 0.2) is 10.5 Å². The smallest absolute Gasteiger partial charge is 0.425 e. The van der Waals surface area contributed by atoms with E-state index in [9.17, 15) is 13.2 Å². The topological polar surface area (TPSA) is 74.6 Å². The molecule has 0 N–H and O–H groups in total. The van der Waals surface area contributed by atoms with Crippen molar-refractivity contribution in [3.63, 3.8) is 0 Å². The second-order valence-electron chi connectivity index (χ2n) is 6.19. The summed E-state index contributed by atoms with van der Waals surface area (Å²) in [7, 11) is 0. The van der Waals surface area contributed by atoms with Crippen molar-refractivity contribution in [2.45, 2.75) is 52.9 Å². The summed E-state index contributed by atoms with van der Waals surface area (Å²) in [5, 5.41) is 16.4. The normalized spacial score (nSPS) is 12.1. The predicted octanol–water partition coefficient (Wildman–Crippen LogP) is 3.55. The molecule has 0 amide bonds. The molecule has 0 aliphatic heterocycles. The largest absolute Gasteiger partial charge is 0.435 e. The van der Waals surface area contributed by atoms with E-state index in [0.29, 0.717) is 41.9 Å². The van der Waals surface area contributed by atoms with Gasteiger partial charge in [0.05, 0.1) is 16.4 Å². The Balaban J connectivity index is 1.58. The molecule has 27 heavy (non-hydrogen) atoms. The van der Waals surface area contributed by atoms with Crippen LogP contribution in [0, 0.1) is 20.8 Å². The van der Waals surface area contributed by atoms with Gasteiger partial charge in [0.2, 0.25) is 11.8 Å². The van der Waals surface area contributed by atoms with Crippen molar-refractivity contribution < 1.29 is 17.6 Å². The van der Waals surface area contributed by atoms with Crippen LogP contribution in [0.5, 0.6) is 0 Å². The third-order valence-corrected chi connectivity index (χ3v) is 4.70. The number of alkyl halides is 3. The molecule has 0 atom stereocenters. The van der Waals surface area contributed by atoms with Crippen LogP contribution in [0.2, 0.25) is 5.02 Å². The molecule has 146 valence electrons. The van der Waals surface area contributed by atoms with E-state index in [4.69, 9.17) is 16.0 Å². The van der Waals surface area contributed by atoms with Gasteiger partial charge in [0, 0.05) is 31.6 Å². The van der Waals surface area contributed by atoms with Gasteiger partial charge in [-0.05, 0) is 26.8 Å². The minimum atomic E-state index is -4.46. The van der Waals surface area contributed by atoms with Gasteiger partial charge in [-0.25, -0.2) is 0 Å². The molecule has 0 radical (unpaired) electrons. The molecule has 0 aliphatic carbocycles. The van der Waals surface area contributed by atoms with Gasteiger partial charge in [-0.1, -0.05) is 11.6 Å². The van der Waals surface area contributed by atoms with Crippen molar-refractivity contribution >= 4 is 11.6 Å². The lowest BCUT2D eigenvalue weighted by molar-refractivity contribution is -0.141. The lowest BCUT2D eigenvalue weighted by Gasteiger charge is -2.03. The van der Waals surface area contributed by atoms with Gasteiger partial charge in [-0.2, -0.15) is 23.4 Å². The van der Waals surface area contributed by atoms with E-state index < -0.39 is 11.9 Å². The molecule has 0 saturated carbocycles. The van der Waals surface area contributed by atoms with Crippen LogP contribution < -0.4 is 0 Å². The molecular weight excluding hydrogens is 385 g/mol. The molecule has 0 bridgehead atoms. The minimum Gasteiger partial charge on any atom is -0.425 e. The summed E-state index contributed by atoms with van der Waals surface area (Å²) in [5.74, 6) is 0.779. The van der Waals surface area contributed by atoms with Gasteiger partial charge in [0.15, 0.2) is 5.69 Å². The molecule has 0 fully saturated rings. The zero-order chi connectivity index (χ0) is 19.8. The predicted molar refractivity (Wildman–Crippen MR) is 90.4 cm³/mol. The SMILES string of the molecule is Cc1nn(CCc2nnc(CCn3nc(C(F)(F)F)cc3C)o2)c(C)c1Cl. The first-order valence-electron chi connectivity index (χ1n) is 8.27. The lowest BCUT2D eigenvalue weighted by Crippen LogP contribution is -2.09. The molecule has 0 unspecified atom stereocenters. The highest BCUT2D eigenvalue weighted by molar-refractivity contribution is 6.31. The van der Waals surface area contributed by atoms with Crippen LogP contribution in [0.25, 0.3) is 0 Å². The number of hydrogen-bond acceptors (Lipinski definition) is 5. The van der Waals surface area contributed by atoms with Crippen LogP contribution in [-0.4, -0.2) is 29.8 Å². The van der Waals surface area contributed by atoms with Crippen molar-refractivity contribution in [3.05, 3.63) is 45.6 Å². The van der Waals surface area contributed by atoms with Crippen molar-refractivity contribution in [3.8, 4) is 0 Å². The van der Waals surface area contributed by atoms with Gasteiger partial charge in [0.1, 0.15) is 0 Å². The first-order chi connectivity index (χ1) is 12.6. The Morgan fingerprint density at radius 2 is 1.59 bits per heavy atom. The number of hydrogen-bond donors (Lipinski definition) is 0. The zero-order valence-corrected chi connectivity index (χ0v) is 15.8. The Labute approximate surface area is 158 Å². The van der Waals surface area contributed by atoms with Crippen LogP contribution in [0.3, 0.4) is 0 Å². The molecule has 3 aromatic rings. The van der Waals surface area contributed by atoms with E-state index >= 15 is 0 Å². The Bertz CT molecular complexity index is 943. The maximum Gasteiger partial charge on any atom is 0.435 e. The van der Waals surface area contributed by atoms with E-state index in [1.165, 1.54) is 4.68 Å². The third-order valence-electron chi connectivity index (χ3n) is 4.15. The van der Waals surface area contributed by atoms with E-state index in [-0.39, 0.29) is 6.54 Å². The quantitative estimate of drug-likeness (QED) is 0.630. The molecule has 0 aromatic carbocycles.